The summed E-state index contributed by atoms with van der Waals surface area (Å²) in [6.45, 7) is 4.67. The zero-order chi connectivity index (χ0) is 12.1. The Kier molecular flexibility index (Phi) is 3.91. The third-order valence-electron chi connectivity index (χ3n) is 2.48. The van der Waals surface area contributed by atoms with Crippen LogP contribution >= 0.6 is 0 Å². The number of nitrogens with zero attached hydrogens (tertiary/aromatic N) is 2. The van der Waals surface area contributed by atoms with Gasteiger partial charge in [0.2, 0.25) is 5.88 Å². The van der Waals surface area contributed by atoms with Gasteiger partial charge in [-0.1, -0.05) is 0 Å². The molecule has 0 radical (unpaired) electrons. The van der Waals surface area contributed by atoms with Crippen molar-refractivity contribution in [3.05, 3.63) is 23.4 Å². The molecule has 1 aliphatic rings. The predicted molar refractivity (Wildman–Crippen MR) is 61.8 cm³/mol. The molecule has 2 rings (SSSR count). The van der Waals surface area contributed by atoms with Crippen molar-refractivity contribution in [2.75, 3.05) is 26.3 Å². The number of hydrogen-bond acceptors (Lipinski definition) is 5. The van der Waals surface area contributed by atoms with E-state index in [1.54, 1.807) is 12.1 Å². The van der Waals surface area contributed by atoms with Crippen LogP contribution in [0, 0.1) is 18.3 Å². The van der Waals surface area contributed by atoms with Crippen molar-refractivity contribution in [3.8, 4) is 11.9 Å². The lowest BCUT2D eigenvalue weighted by atomic mass is 10.2. The zero-order valence-electron chi connectivity index (χ0n) is 9.77. The second-order valence-electron chi connectivity index (χ2n) is 3.96. The molecule has 0 bridgehead atoms. The van der Waals surface area contributed by atoms with Gasteiger partial charge in [-0.15, -0.1) is 0 Å². The molecule has 0 saturated carbocycles. The van der Waals surface area contributed by atoms with E-state index in [0.717, 1.165) is 18.8 Å². The highest BCUT2D eigenvalue weighted by Gasteiger charge is 2.14. The van der Waals surface area contributed by atoms with Gasteiger partial charge in [-0.3, -0.25) is 0 Å². The Balaban J connectivity index is 1.94. The molecule has 90 valence electrons. The summed E-state index contributed by atoms with van der Waals surface area (Å²) in [5.74, 6) is 0.482. The van der Waals surface area contributed by atoms with E-state index in [1.807, 2.05) is 6.92 Å². The summed E-state index contributed by atoms with van der Waals surface area (Å²) in [5.41, 5.74) is 1.34. The van der Waals surface area contributed by atoms with E-state index in [2.05, 4.69) is 16.4 Å². The van der Waals surface area contributed by atoms with Gasteiger partial charge in [-0.25, -0.2) is 4.98 Å². The fraction of sp³-hybridized carbons (Fsp3) is 0.500. The minimum Gasteiger partial charge on any atom is -0.475 e. The topological polar surface area (TPSA) is 67.2 Å². The SMILES string of the molecule is Cc1cc(C#N)cc(OCC2CNCCO2)n1. The minimum atomic E-state index is 0.0524. The van der Waals surface area contributed by atoms with Crippen LogP contribution in [-0.4, -0.2) is 37.4 Å². The molecular weight excluding hydrogens is 218 g/mol. The lowest BCUT2D eigenvalue weighted by Crippen LogP contribution is -2.41. The van der Waals surface area contributed by atoms with Gasteiger partial charge in [0.15, 0.2) is 0 Å². The second-order valence-corrected chi connectivity index (χ2v) is 3.96. The first-order valence-electron chi connectivity index (χ1n) is 5.62. The van der Waals surface area contributed by atoms with Gasteiger partial charge in [-0.2, -0.15) is 5.26 Å². The molecule has 0 spiro atoms. The normalized spacial score (nSPS) is 19.6. The average molecular weight is 233 g/mol. The zero-order valence-corrected chi connectivity index (χ0v) is 9.77. The first-order chi connectivity index (χ1) is 8.28. The molecule has 1 unspecified atom stereocenters. The molecule has 1 saturated heterocycles. The van der Waals surface area contributed by atoms with Crippen LogP contribution in [0.3, 0.4) is 0 Å². The van der Waals surface area contributed by atoms with Crippen molar-refractivity contribution in [1.82, 2.24) is 10.3 Å². The van der Waals surface area contributed by atoms with E-state index in [4.69, 9.17) is 14.7 Å². The molecule has 0 amide bonds. The Morgan fingerprint density at radius 1 is 1.65 bits per heavy atom. The van der Waals surface area contributed by atoms with Crippen LogP contribution < -0.4 is 10.1 Å². The van der Waals surface area contributed by atoms with E-state index < -0.39 is 0 Å². The van der Waals surface area contributed by atoms with Gasteiger partial charge in [0.05, 0.1) is 18.2 Å². The fourth-order valence-corrected chi connectivity index (χ4v) is 1.68. The maximum Gasteiger partial charge on any atom is 0.214 e. The number of nitriles is 1. The molecule has 1 fully saturated rings. The van der Waals surface area contributed by atoms with Crippen LogP contribution in [0.25, 0.3) is 0 Å². The summed E-state index contributed by atoms with van der Waals surface area (Å²) >= 11 is 0. The minimum absolute atomic E-state index is 0.0524. The fourth-order valence-electron chi connectivity index (χ4n) is 1.68. The number of nitrogens with one attached hydrogen (secondary N) is 1. The van der Waals surface area contributed by atoms with Gasteiger partial charge >= 0.3 is 0 Å². The average Bonchev–Trinajstić information content (AvgIpc) is 2.37. The quantitative estimate of drug-likeness (QED) is 0.829. The van der Waals surface area contributed by atoms with Crippen molar-refractivity contribution in [2.45, 2.75) is 13.0 Å². The number of ether oxygens (including phenoxy) is 2. The molecule has 2 heterocycles. The van der Waals surface area contributed by atoms with E-state index >= 15 is 0 Å². The highest BCUT2D eigenvalue weighted by atomic mass is 16.5. The van der Waals surface area contributed by atoms with Gasteiger partial charge in [0, 0.05) is 24.8 Å². The van der Waals surface area contributed by atoms with E-state index in [0.29, 0.717) is 24.7 Å². The van der Waals surface area contributed by atoms with Crippen LogP contribution in [-0.2, 0) is 4.74 Å². The molecule has 1 aromatic rings. The Bertz CT molecular complexity index is 422. The van der Waals surface area contributed by atoms with Gasteiger partial charge in [0.1, 0.15) is 12.7 Å². The standard InChI is InChI=1S/C12H15N3O2/c1-9-4-10(6-13)5-12(15-9)17-8-11-7-14-2-3-16-11/h4-5,11,14H,2-3,7-8H2,1H3. The van der Waals surface area contributed by atoms with Crippen molar-refractivity contribution in [3.63, 3.8) is 0 Å². The van der Waals surface area contributed by atoms with Crippen LogP contribution in [0.5, 0.6) is 5.88 Å². The number of morpholine rings is 1. The monoisotopic (exact) mass is 233 g/mol. The van der Waals surface area contributed by atoms with Crippen LogP contribution in [0.15, 0.2) is 12.1 Å². The maximum absolute atomic E-state index is 8.84. The number of rotatable bonds is 3. The summed E-state index contributed by atoms with van der Waals surface area (Å²) in [6, 6.07) is 5.45. The summed E-state index contributed by atoms with van der Waals surface area (Å²) < 4.78 is 11.0. The van der Waals surface area contributed by atoms with Crippen LogP contribution in [0.4, 0.5) is 0 Å². The van der Waals surface area contributed by atoms with Gasteiger partial charge < -0.3 is 14.8 Å². The molecule has 5 heteroatoms. The van der Waals surface area contributed by atoms with Crippen molar-refractivity contribution < 1.29 is 9.47 Å². The summed E-state index contributed by atoms with van der Waals surface area (Å²) in [7, 11) is 0. The summed E-state index contributed by atoms with van der Waals surface area (Å²) in [4.78, 5) is 4.22. The van der Waals surface area contributed by atoms with Crippen molar-refractivity contribution in [2.24, 2.45) is 0 Å². The van der Waals surface area contributed by atoms with Gasteiger partial charge in [0.25, 0.3) is 0 Å². The number of aromatic nitrogens is 1. The Morgan fingerprint density at radius 2 is 2.53 bits per heavy atom. The molecule has 5 nitrogen and oxygen atoms in total. The number of aryl methyl sites for hydroxylation is 1. The first kappa shape index (κ1) is 11.8. The van der Waals surface area contributed by atoms with Crippen LogP contribution in [0.2, 0.25) is 0 Å². The third-order valence-corrected chi connectivity index (χ3v) is 2.48. The highest BCUT2D eigenvalue weighted by Crippen LogP contribution is 2.12. The second kappa shape index (κ2) is 5.62. The molecule has 1 atom stereocenters. The van der Waals surface area contributed by atoms with Crippen molar-refractivity contribution in [1.29, 1.82) is 5.26 Å². The molecule has 1 aromatic heterocycles. The van der Waals surface area contributed by atoms with Crippen LogP contribution in [0.1, 0.15) is 11.3 Å². The molecule has 1 N–H and O–H groups in total. The number of pyridine rings is 1. The molecule has 0 aliphatic carbocycles. The first-order valence-corrected chi connectivity index (χ1v) is 5.62. The Labute approximate surface area is 100 Å². The van der Waals surface area contributed by atoms with E-state index in [1.165, 1.54) is 0 Å². The van der Waals surface area contributed by atoms with Crippen molar-refractivity contribution >= 4 is 0 Å². The third kappa shape index (κ3) is 3.41. The molecular formula is C12H15N3O2. The predicted octanol–water partition coefficient (Wildman–Crippen LogP) is 0.629. The molecule has 0 aromatic carbocycles. The maximum atomic E-state index is 8.84. The Hall–Kier alpha value is -1.64. The summed E-state index contributed by atoms with van der Waals surface area (Å²) in [6.07, 6.45) is 0.0524. The lowest BCUT2D eigenvalue weighted by molar-refractivity contribution is -0.000772. The highest BCUT2D eigenvalue weighted by molar-refractivity contribution is 5.34. The summed E-state index contributed by atoms with van der Waals surface area (Å²) in [5, 5.41) is 12.1. The molecule has 17 heavy (non-hydrogen) atoms. The largest absolute Gasteiger partial charge is 0.475 e. The Morgan fingerprint density at radius 3 is 3.24 bits per heavy atom. The smallest absolute Gasteiger partial charge is 0.214 e. The number of hydrogen-bond donors (Lipinski definition) is 1. The van der Waals surface area contributed by atoms with E-state index in [-0.39, 0.29) is 6.10 Å². The molecule has 1 aliphatic heterocycles. The lowest BCUT2D eigenvalue weighted by Gasteiger charge is -2.23. The van der Waals surface area contributed by atoms with E-state index in [9.17, 15) is 0 Å². The van der Waals surface area contributed by atoms with Gasteiger partial charge in [-0.05, 0) is 13.0 Å².